The first-order valence-corrected chi connectivity index (χ1v) is 10.8. The van der Waals surface area contributed by atoms with Crippen LogP contribution < -0.4 is 5.43 Å². The van der Waals surface area contributed by atoms with Gasteiger partial charge in [-0.3, -0.25) is 10.3 Å². The Morgan fingerprint density at radius 1 is 1.28 bits per heavy atom. The Kier molecular flexibility index (Phi) is 5.28. The van der Waals surface area contributed by atoms with E-state index in [0.29, 0.717) is 44.4 Å². The number of nitrogens with one attached hydrogen (secondary N) is 1. The normalized spacial score (nSPS) is 22.8. The lowest BCUT2D eigenvalue weighted by molar-refractivity contribution is -0.139. The van der Waals surface area contributed by atoms with Crippen molar-refractivity contribution >= 4 is 11.8 Å². The molecule has 4 heterocycles. The maximum absolute atomic E-state index is 12.2. The standard InChI is InChI=1S/C23H26N6O3/c1-3-32-22(30)20-16-21-24-23(8-10-28(21)25-20,27-11-13-31-14-12-27)29-9-7-19(26-29)18-6-4-5-17(2)15-18/h4-10,15-16,25H,3,11-14H2,1-2H3. The summed E-state index contributed by atoms with van der Waals surface area (Å²) in [5, 5.41) is 6.63. The van der Waals surface area contributed by atoms with Crippen molar-refractivity contribution in [2.24, 2.45) is 4.99 Å². The minimum atomic E-state index is -0.861. The number of hydrogen-bond donors (Lipinski definition) is 1. The summed E-state index contributed by atoms with van der Waals surface area (Å²) in [5.41, 5.74) is 6.51. The van der Waals surface area contributed by atoms with Gasteiger partial charge in [0, 0.05) is 37.1 Å². The number of aliphatic imine (C=N–C) groups is 1. The summed E-state index contributed by atoms with van der Waals surface area (Å²) in [7, 11) is 0. The van der Waals surface area contributed by atoms with Crippen LogP contribution in [0.25, 0.3) is 11.3 Å². The molecule has 1 aromatic carbocycles. The number of nitrogens with zero attached hydrogens (tertiary/aromatic N) is 5. The number of benzene rings is 1. The molecule has 0 radical (unpaired) electrons. The highest BCUT2D eigenvalue weighted by atomic mass is 16.5. The number of rotatable bonds is 5. The smallest absolute Gasteiger partial charge is 0.356 e. The van der Waals surface area contributed by atoms with E-state index in [1.807, 2.05) is 35.3 Å². The van der Waals surface area contributed by atoms with Crippen LogP contribution >= 0.6 is 0 Å². The second kappa shape index (κ2) is 8.25. The molecule has 0 aliphatic carbocycles. The summed E-state index contributed by atoms with van der Waals surface area (Å²) < 4.78 is 12.6. The van der Waals surface area contributed by atoms with Gasteiger partial charge in [-0.1, -0.05) is 23.8 Å². The van der Waals surface area contributed by atoms with Crippen molar-refractivity contribution in [2.75, 3.05) is 32.9 Å². The number of hydrazine groups is 1. The monoisotopic (exact) mass is 434 g/mol. The second-order valence-electron chi connectivity index (χ2n) is 7.85. The molecule has 166 valence electrons. The van der Waals surface area contributed by atoms with Crippen LogP contribution in [-0.2, 0) is 20.1 Å². The first-order chi connectivity index (χ1) is 15.6. The molecule has 0 saturated carbocycles. The predicted molar refractivity (Wildman–Crippen MR) is 119 cm³/mol. The predicted octanol–water partition coefficient (Wildman–Crippen LogP) is 1.99. The molecule has 5 rings (SSSR count). The Balaban J connectivity index is 1.55. The van der Waals surface area contributed by atoms with Crippen LogP contribution in [0.1, 0.15) is 12.5 Å². The van der Waals surface area contributed by atoms with Crippen LogP contribution in [0.4, 0.5) is 0 Å². The number of amidine groups is 1. The molecule has 1 N–H and O–H groups in total. The second-order valence-corrected chi connectivity index (χ2v) is 7.85. The van der Waals surface area contributed by atoms with Crippen LogP contribution in [0.5, 0.6) is 0 Å². The number of ether oxygens (including phenoxy) is 2. The molecule has 1 fully saturated rings. The first-order valence-electron chi connectivity index (χ1n) is 10.8. The molecule has 32 heavy (non-hydrogen) atoms. The van der Waals surface area contributed by atoms with E-state index in [1.165, 1.54) is 5.56 Å². The summed E-state index contributed by atoms with van der Waals surface area (Å²) >= 11 is 0. The van der Waals surface area contributed by atoms with Crippen LogP contribution in [-0.4, -0.2) is 64.4 Å². The molecule has 0 spiro atoms. The molecular weight excluding hydrogens is 408 g/mol. The summed E-state index contributed by atoms with van der Waals surface area (Å²) in [5.74, 6) is -0.648. The van der Waals surface area contributed by atoms with E-state index in [0.717, 1.165) is 11.3 Å². The zero-order chi connectivity index (χ0) is 22.1. The summed E-state index contributed by atoms with van der Waals surface area (Å²) in [6.07, 6.45) is 7.54. The number of carbonyl (C=O) groups is 1. The Morgan fingerprint density at radius 2 is 2.12 bits per heavy atom. The molecule has 3 aliphatic rings. The Bertz CT molecular complexity index is 1110. The minimum absolute atomic E-state index is 0.312. The van der Waals surface area contributed by atoms with Gasteiger partial charge in [-0.15, -0.1) is 0 Å². The number of fused-ring (bicyclic) bond motifs is 1. The molecule has 9 heteroatoms. The van der Waals surface area contributed by atoms with Crippen molar-refractivity contribution in [3.8, 4) is 11.3 Å². The van der Waals surface area contributed by atoms with E-state index in [9.17, 15) is 4.79 Å². The molecule has 1 saturated heterocycles. The fourth-order valence-corrected chi connectivity index (χ4v) is 4.12. The molecule has 3 aliphatic heterocycles. The van der Waals surface area contributed by atoms with E-state index in [-0.39, 0.29) is 0 Å². The van der Waals surface area contributed by atoms with Crippen molar-refractivity contribution in [1.29, 1.82) is 0 Å². The number of carbonyl (C=O) groups excluding carboxylic acids is 1. The average molecular weight is 435 g/mol. The van der Waals surface area contributed by atoms with Gasteiger partial charge in [0.25, 0.3) is 0 Å². The third kappa shape index (κ3) is 3.59. The van der Waals surface area contributed by atoms with Gasteiger partial charge in [-0.2, -0.15) is 5.10 Å². The van der Waals surface area contributed by atoms with Crippen molar-refractivity contribution in [2.45, 2.75) is 19.6 Å². The van der Waals surface area contributed by atoms with Crippen molar-refractivity contribution in [3.05, 3.63) is 66.1 Å². The van der Waals surface area contributed by atoms with Crippen LogP contribution in [0, 0.1) is 6.92 Å². The van der Waals surface area contributed by atoms with Gasteiger partial charge >= 0.3 is 5.97 Å². The summed E-state index contributed by atoms with van der Waals surface area (Å²) in [4.78, 5) is 19.5. The maximum Gasteiger partial charge on any atom is 0.356 e. The number of morpholine rings is 1. The summed E-state index contributed by atoms with van der Waals surface area (Å²) in [6.45, 7) is 6.83. The third-order valence-corrected chi connectivity index (χ3v) is 5.70. The summed E-state index contributed by atoms with van der Waals surface area (Å²) in [6, 6.07) is 10.3. The molecule has 0 amide bonds. The number of aryl methyl sites for hydroxylation is 1. The van der Waals surface area contributed by atoms with Gasteiger partial charge in [-0.05, 0) is 32.1 Å². The van der Waals surface area contributed by atoms with E-state index < -0.39 is 11.8 Å². The van der Waals surface area contributed by atoms with Crippen LogP contribution in [0.3, 0.4) is 0 Å². The lowest BCUT2D eigenvalue weighted by atomic mass is 10.1. The van der Waals surface area contributed by atoms with Gasteiger partial charge in [0.2, 0.25) is 5.79 Å². The largest absolute Gasteiger partial charge is 0.461 e. The van der Waals surface area contributed by atoms with Gasteiger partial charge in [0.05, 0.1) is 25.5 Å². The van der Waals surface area contributed by atoms with Crippen molar-refractivity contribution < 1.29 is 14.3 Å². The highest BCUT2D eigenvalue weighted by Crippen LogP contribution is 2.32. The Labute approximate surface area is 186 Å². The first kappa shape index (κ1) is 20.5. The fourth-order valence-electron chi connectivity index (χ4n) is 4.12. The SMILES string of the molecule is CCOC(=O)C1=CC2=NC(N3CCOCC3)(n3ccc(-c4cccc(C)c4)n3)C=CN2N1. The molecule has 1 unspecified atom stereocenters. The zero-order valence-corrected chi connectivity index (χ0v) is 18.2. The van der Waals surface area contributed by atoms with Gasteiger partial charge in [0.15, 0.2) is 5.84 Å². The maximum atomic E-state index is 12.2. The van der Waals surface area contributed by atoms with Gasteiger partial charge < -0.3 is 9.47 Å². The van der Waals surface area contributed by atoms with E-state index >= 15 is 0 Å². The highest BCUT2D eigenvalue weighted by Gasteiger charge is 2.42. The number of aromatic nitrogens is 2. The van der Waals surface area contributed by atoms with Crippen LogP contribution in [0.2, 0.25) is 0 Å². The lowest BCUT2D eigenvalue weighted by Gasteiger charge is -2.42. The van der Waals surface area contributed by atoms with E-state index in [2.05, 4.69) is 35.4 Å². The molecule has 1 atom stereocenters. The lowest BCUT2D eigenvalue weighted by Crippen LogP contribution is -2.55. The fraction of sp³-hybridized carbons (Fsp3) is 0.348. The number of hydrogen-bond acceptors (Lipinski definition) is 8. The van der Waals surface area contributed by atoms with Crippen molar-refractivity contribution in [3.63, 3.8) is 0 Å². The molecule has 0 bridgehead atoms. The molecule has 9 nitrogen and oxygen atoms in total. The third-order valence-electron chi connectivity index (χ3n) is 5.70. The van der Waals surface area contributed by atoms with E-state index in [1.54, 1.807) is 18.0 Å². The zero-order valence-electron chi connectivity index (χ0n) is 18.2. The average Bonchev–Trinajstić information content (AvgIpc) is 3.47. The molecule has 1 aromatic heterocycles. The topological polar surface area (TPSA) is 84.2 Å². The Hall–Kier alpha value is -3.43. The van der Waals surface area contributed by atoms with Crippen LogP contribution in [0.15, 0.2) is 65.6 Å². The molecule has 2 aromatic rings. The Morgan fingerprint density at radius 3 is 2.91 bits per heavy atom. The highest BCUT2D eigenvalue weighted by molar-refractivity contribution is 6.04. The van der Waals surface area contributed by atoms with Gasteiger partial charge in [0.1, 0.15) is 5.70 Å². The quantitative estimate of drug-likeness (QED) is 0.721. The minimum Gasteiger partial charge on any atom is -0.461 e. The van der Waals surface area contributed by atoms with Crippen molar-refractivity contribution in [1.82, 2.24) is 25.1 Å². The van der Waals surface area contributed by atoms with E-state index in [4.69, 9.17) is 19.6 Å². The molecular formula is C23H26N6O3. The number of esters is 1. The van der Waals surface area contributed by atoms with Gasteiger partial charge in [-0.25, -0.2) is 19.5 Å².